The molecule has 0 bridgehead atoms. The fraction of sp³-hybridized carbons (Fsp3) is 0.333. The van der Waals surface area contributed by atoms with Crippen molar-refractivity contribution in [2.45, 2.75) is 18.3 Å². The molecule has 0 spiro atoms. The van der Waals surface area contributed by atoms with Gasteiger partial charge in [0.25, 0.3) is 0 Å². The third-order valence-electron chi connectivity index (χ3n) is 1.89. The van der Waals surface area contributed by atoms with Crippen molar-refractivity contribution in [3.8, 4) is 0 Å². The second kappa shape index (κ2) is 5.09. The minimum atomic E-state index is -2.77. The SMILES string of the molecule is Cc1ccc(CC(Cl)[Si](Cl)(Cl)Cl)cc1. The fourth-order valence-corrected chi connectivity index (χ4v) is 2.39. The molecule has 1 aromatic carbocycles. The molecule has 0 N–H and O–H groups in total. The van der Waals surface area contributed by atoms with Crippen LogP contribution >= 0.6 is 44.8 Å². The van der Waals surface area contributed by atoms with E-state index in [0.29, 0.717) is 6.42 Å². The summed E-state index contributed by atoms with van der Waals surface area (Å²) in [6.45, 7) is 2.03. The van der Waals surface area contributed by atoms with Crippen LogP contribution in [0.1, 0.15) is 11.1 Å². The number of alkyl halides is 1. The molecule has 0 saturated heterocycles. The van der Waals surface area contributed by atoms with Crippen LogP contribution in [0, 0.1) is 6.92 Å². The van der Waals surface area contributed by atoms with E-state index < -0.39 is 6.00 Å². The van der Waals surface area contributed by atoms with Crippen LogP contribution in [0.4, 0.5) is 0 Å². The lowest BCUT2D eigenvalue weighted by Gasteiger charge is -2.15. The second-order valence-corrected chi connectivity index (χ2v) is 13.0. The van der Waals surface area contributed by atoms with E-state index in [1.165, 1.54) is 5.56 Å². The van der Waals surface area contributed by atoms with Gasteiger partial charge in [-0.05, 0) is 18.9 Å². The Morgan fingerprint density at radius 2 is 1.64 bits per heavy atom. The molecule has 0 fully saturated rings. The summed E-state index contributed by atoms with van der Waals surface area (Å²) in [6, 6.07) is 5.30. The summed E-state index contributed by atoms with van der Waals surface area (Å²) in [5.74, 6) is 0. The molecular weight excluding hydrogens is 278 g/mol. The van der Waals surface area contributed by atoms with Crippen molar-refractivity contribution in [1.82, 2.24) is 0 Å². The van der Waals surface area contributed by atoms with Crippen molar-refractivity contribution < 1.29 is 0 Å². The normalized spacial score (nSPS) is 14.1. The number of benzene rings is 1. The average Bonchev–Trinajstić information content (AvgIpc) is 2.07. The van der Waals surface area contributed by atoms with Crippen molar-refractivity contribution >= 4 is 50.8 Å². The third kappa shape index (κ3) is 3.99. The van der Waals surface area contributed by atoms with Crippen LogP contribution in [0.3, 0.4) is 0 Å². The number of rotatable bonds is 3. The van der Waals surface area contributed by atoms with Gasteiger partial charge in [0.2, 0.25) is 0 Å². The summed E-state index contributed by atoms with van der Waals surface area (Å²) in [6.07, 6.45) is 0.616. The Hall–Kier alpha value is 0.597. The molecule has 0 aromatic heterocycles. The average molecular weight is 288 g/mol. The molecule has 5 heteroatoms. The van der Waals surface area contributed by atoms with E-state index in [-0.39, 0.29) is 5.00 Å². The summed E-state index contributed by atoms with van der Waals surface area (Å²) in [5.41, 5.74) is 2.32. The fourth-order valence-electron chi connectivity index (χ4n) is 1.05. The van der Waals surface area contributed by atoms with Crippen molar-refractivity contribution in [2.24, 2.45) is 0 Å². The van der Waals surface area contributed by atoms with Crippen molar-refractivity contribution in [3.05, 3.63) is 35.4 Å². The molecular formula is C9H10Cl4Si. The van der Waals surface area contributed by atoms with Crippen LogP contribution in [-0.2, 0) is 6.42 Å². The standard InChI is InChI=1S/C9H10Cl4Si/c1-7-2-4-8(5-3-7)6-9(10)14(11,12)13/h2-5,9H,6H2,1H3. The minimum Gasteiger partial charge on any atom is -0.124 e. The molecule has 1 unspecified atom stereocenters. The quantitative estimate of drug-likeness (QED) is 0.441. The third-order valence-corrected chi connectivity index (χ3v) is 7.32. The van der Waals surface area contributed by atoms with Crippen LogP contribution < -0.4 is 0 Å². The molecule has 0 heterocycles. The predicted molar refractivity (Wildman–Crippen MR) is 67.8 cm³/mol. The van der Waals surface area contributed by atoms with Gasteiger partial charge in [-0.3, -0.25) is 0 Å². The summed E-state index contributed by atoms with van der Waals surface area (Å²) in [5, 5.41) is -0.366. The van der Waals surface area contributed by atoms with Gasteiger partial charge in [0.1, 0.15) is 0 Å². The van der Waals surface area contributed by atoms with Gasteiger partial charge in [0.15, 0.2) is 0 Å². The molecule has 1 aromatic rings. The van der Waals surface area contributed by atoms with Crippen LogP contribution in [0.2, 0.25) is 0 Å². The lowest BCUT2D eigenvalue weighted by atomic mass is 10.1. The van der Waals surface area contributed by atoms with Crippen molar-refractivity contribution in [3.63, 3.8) is 0 Å². The Morgan fingerprint density at radius 3 is 2.07 bits per heavy atom. The van der Waals surface area contributed by atoms with Crippen LogP contribution in [0.5, 0.6) is 0 Å². The Bertz CT molecular complexity index is 291. The first-order chi connectivity index (χ1) is 6.39. The van der Waals surface area contributed by atoms with E-state index in [1.54, 1.807) is 0 Å². The van der Waals surface area contributed by atoms with Gasteiger partial charge >= 0.3 is 6.00 Å². The monoisotopic (exact) mass is 286 g/mol. The van der Waals surface area contributed by atoms with Crippen LogP contribution in [0.25, 0.3) is 0 Å². The molecule has 0 aliphatic rings. The van der Waals surface area contributed by atoms with E-state index in [1.807, 2.05) is 31.2 Å². The molecule has 0 radical (unpaired) electrons. The first-order valence-corrected chi connectivity index (χ1v) is 9.71. The summed E-state index contributed by atoms with van der Waals surface area (Å²) < 4.78 is 0. The maximum absolute atomic E-state index is 6.00. The molecule has 14 heavy (non-hydrogen) atoms. The predicted octanol–water partition coefficient (Wildman–Crippen LogP) is 4.34. The van der Waals surface area contributed by atoms with E-state index in [4.69, 9.17) is 44.8 Å². The summed E-state index contributed by atoms with van der Waals surface area (Å²) >= 11 is 23.4. The number of halogens is 4. The lowest BCUT2D eigenvalue weighted by Crippen LogP contribution is -2.28. The highest BCUT2D eigenvalue weighted by atomic mass is 35.8. The molecule has 78 valence electrons. The van der Waals surface area contributed by atoms with Crippen LogP contribution in [-0.4, -0.2) is 11.0 Å². The second-order valence-electron chi connectivity index (χ2n) is 3.20. The van der Waals surface area contributed by atoms with Gasteiger partial charge in [-0.2, -0.15) is 0 Å². The Kier molecular flexibility index (Phi) is 4.60. The first-order valence-electron chi connectivity index (χ1n) is 4.16. The largest absolute Gasteiger partial charge is 0.358 e. The zero-order valence-corrected chi connectivity index (χ0v) is 11.6. The highest BCUT2D eigenvalue weighted by Gasteiger charge is 2.35. The van der Waals surface area contributed by atoms with Gasteiger partial charge in [0, 0.05) is 0 Å². The van der Waals surface area contributed by atoms with E-state index >= 15 is 0 Å². The van der Waals surface area contributed by atoms with E-state index in [9.17, 15) is 0 Å². The smallest absolute Gasteiger partial charge is 0.124 e. The van der Waals surface area contributed by atoms with Gasteiger partial charge in [-0.15, -0.1) is 44.8 Å². The topological polar surface area (TPSA) is 0 Å². The van der Waals surface area contributed by atoms with Crippen LogP contribution in [0.15, 0.2) is 24.3 Å². The van der Waals surface area contributed by atoms with Gasteiger partial charge in [-0.25, -0.2) is 0 Å². The maximum atomic E-state index is 6.00. The summed E-state index contributed by atoms with van der Waals surface area (Å²) in [4.78, 5) is 0. The zero-order chi connectivity index (χ0) is 10.8. The minimum absolute atomic E-state index is 0.366. The first kappa shape index (κ1) is 12.7. The molecule has 0 aliphatic carbocycles. The molecule has 0 nitrogen and oxygen atoms in total. The Labute approximate surface area is 104 Å². The Balaban J connectivity index is 2.65. The maximum Gasteiger partial charge on any atom is 0.358 e. The van der Waals surface area contributed by atoms with E-state index in [0.717, 1.165) is 5.56 Å². The van der Waals surface area contributed by atoms with Gasteiger partial charge in [-0.1, -0.05) is 29.8 Å². The highest BCUT2D eigenvalue weighted by Crippen LogP contribution is 2.30. The summed E-state index contributed by atoms with van der Waals surface area (Å²) in [7, 11) is 0. The van der Waals surface area contributed by atoms with Gasteiger partial charge < -0.3 is 0 Å². The molecule has 0 aliphatic heterocycles. The van der Waals surface area contributed by atoms with Crippen molar-refractivity contribution in [2.75, 3.05) is 0 Å². The Morgan fingerprint density at radius 1 is 1.14 bits per heavy atom. The van der Waals surface area contributed by atoms with Gasteiger partial charge in [0.05, 0.1) is 5.00 Å². The van der Waals surface area contributed by atoms with Crippen molar-refractivity contribution in [1.29, 1.82) is 0 Å². The molecule has 0 amide bonds. The number of aryl methyl sites for hydroxylation is 1. The molecule has 0 saturated carbocycles. The molecule has 1 atom stereocenters. The number of hydrogen-bond acceptors (Lipinski definition) is 0. The number of hydrogen-bond donors (Lipinski definition) is 0. The highest BCUT2D eigenvalue weighted by molar-refractivity contribution is 7.66. The molecule has 1 rings (SSSR count). The zero-order valence-electron chi connectivity index (χ0n) is 7.61. The van der Waals surface area contributed by atoms with E-state index in [2.05, 4.69) is 0 Å². The lowest BCUT2D eigenvalue weighted by molar-refractivity contribution is 1.07.